The van der Waals surface area contributed by atoms with Crippen molar-refractivity contribution in [3.8, 4) is 0 Å². The van der Waals surface area contributed by atoms with Crippen molar-refractivity contribution in [1.29, 1.82) is 0 Å². The first-order valence-electron chi connectivity index (χ1n) is 6.69. The Balaban J connectivity index is 1.70. The van der Waals surface area contributed by atoms with Gasteiger partial charge in [-0.3, -0.25) is 9.80 Å². The first-order chi connectivity index (χ1) is 8.44. The van der Waals surface area contributed by atoms with Crippen molar-refractivity contribution >= 4 is 0 Å². The Bertz CT molecular complexity index is 262. The van der Waals surface area contributed by atoms with Crippen LogP contribution in [0, 0.1) is 5.92 Å². The summed E-state index contributed by atoms with van der Waals surface area (Å²) in [5.41, 5.74) is 0. The number of hydrogen-bond donors (Lipinski definition) is 1. The maximum absolute atomic E-state index is 12.3. The lowest BCUT2D eigenvalue weighted by Crippen LogP contribution is -2.52. The fourth-order valence-corrected chi connectivity index (χ4v) is 2.80. The van der Waals surface area contributed by atoms with Crippen LogP contribution >= 0.6 is 0 Å². The molecule has 6 heteroatoms. The minimum atomic E-state index is -4.07. The molecule has 0 bridgehead atoms. The van der Waals surface area contributed by atoms with Crippen molar-refractivity contribution in [2.24, 2.45) is 5.92 Å². The molecule has 2 rings (SSSR count). The fraction of sp³-hybridized carbons (Fsp3) is 1.00. The van der Waals surface area contributed by atoms with Crippen LogP contribution in [0.25, 0.3) is 0 Å². The Morgan fingerprint density at radius 1 is 1.11 bits per heavy atom. The van der Waals surface area contributed by atoms with E-state index in [0.29, 0.717) is 25.0 Å². The molecule has 0 aromatic heterocycles. The summed E-state index contributed by atoms with van der Waals surface area (Å²) in [6.45, 7) is 6.08. The predicted octanol–water partition coefficient (Wildman–Crippen LogP) is 1.16. The summed E-state index contributed by atoms with van der Waals surface area (Å²) in [5, 5.41) is 3.47. The average Bonchev–Trinajstić information content (AvgIpc) is 2.65. The van der Waals surface area contributed by atoms with Crippen molar-refractivity contribution < 1.29 is 13.2 Å². The molecule has 2 saturated heterocycles. The highest BCUT2D eigenvalue weighted by Gasteiger charge is 2.33. The average molecular weight is 265 g/mol. The topological polar surface area (TPSA) is 18.5 Å². The third kappa shape index (κ3) is 4.10. The largest absolute Gasteiger partial charge is 0.401 e. The van der Waals surface area contributed by atoms with E-state index in [1.807, 2.05) is 0 Å². The van der Waals surface area contributed by atoms with Gasteiger partial charge in [0.05, 0.1) is 6.54 Å². The molecule has 106 valence electrons. The number of hydrogen-bond acceptors (Lipinski definition) is 3. The van der Waals surface area contributed by atoms with E-state index in [1.165, 1.54) is 11.3 Å². The molecule has 1 N–H and O–H groups in total. The number of halogens is 3. The first-order valence-corrected chi connectivity index (χ1v) is 6.69. The van der Waals surface area contributed by atoms with Crippen LogP contribution in [0.3, 0.4) is 0 Å². The second-order valence-electron chi connectivity index (χ2n) is 5.52. The maximum atomic E-state index is 12.3. The second kappa shape index (κ2) is 5.75. The van der Waals surface area contributed by atoms with E-state index in [-0.39, 0.29) is 0 Å². The molecule has 3 nitrogen and oxygen atoms in total. The predicted molar refractivity (Wildman–Crippen MR) is 64.5 cm³/mol. The number of alkyl halides is 3. The molecular weight excluding hydrogens is 243 g/mol. The Hall–Kier alpha value is -0.330. The van der Waals surface area contributed by atoms with Gasteiger partial charge in [0.1, 0.15) is 0 Å². The van der Waals surface area contributed by atoms with E-state index in [0.717, 1.165) is 26.2 Å². The summed E-state index contributed by atoms with van der Waals surface area (Å²) < 4.78 is 36.8. The molecule has 0 amide bonds. The number of rotatable bonds is 3. The molecule has 2 atom stereocenters. The van der Waals surface area contributed by atoms with Crippen molar-refractivity contribution in [2.45, 2.75) is 25.6 Å². The summed E-state index contributed by atoms with van der Waals surface area (Å²) >= 11 is 0. The first kappa shape index (κ1) is 14.1. The van der Waals surface area contributed by atoms with E-state index < -0.39 is 12.7 Å². The third-order valence-electron chi connectivity index (χ3n) is 4.02. The number of nitrogens with zero attached hydrogens (tertiary/aromatic N) is 2. The zero-order valence-electron chi connectivity index (χ0n) is 10.8. The molecule has 0 saturated carbocycles. The van der Waals surface area contributed by atoms with E-state index >= 15 is 0 Å². The summed E-state index contributed by atoms with van der Waals surface area (Å²) in [5.74, 6) is 0.679. The normalized spacial score (nSPS) is 32.0. The smallest absolute Gasteiger partial charge is 0.312 e. The Labute approximate surface area is 106 Å². The van der Waals surface area contributed by atoms with Crippen molar-refractivity contribution in [3.05, 3.63) is 0 Å². The summed E-state index contributed by atoms with van der Waals surface area (Å²) in [4.78, 5) is 3.79. The molecule has 0 aromatic rings. The van der Waals surface area contributed by atoms with Crippen LogP contribution in [0.15, 0.2) is 0 Å². The van der Waals surface area contributed by atoms with E-state index in [2.05, 4.69) is 17.1 Å². The van der Waals surface area contributed by atoms with Gasteiger partial charge in [0.25, 0.3) is 0 Å². The molecular formula is C12H22F3N3. The summed E-state index contributed by atoms with van der Waals surface area (Å²) in [6.07, 6.45) is -2.86. The maximum Gasteiger partial charge on any atom is 0.401 e. The quantitative estimate of drug-likeness (QED) is 0.826. The zero-order chi connectivity index (χ0) is 13.2. The zero-order valence-corrected chi connectivity index (χ0v) is 10.8. The van der Waals surface area contributed by atoms with Gasteiger partial charge in [0, 0.05) is 38.8 Å². The van der Waals surface area contributed by atoms with Gasteiger partial charge in [0.15, 0.2) is 0 Å². The van der Waals surface area contributed by atoms with Gasteiger partial charge in [-0.15, -0.1) is 0 Å². The molecule has 0 aromatic carbocycles. The van der Waals surface area contributed by atoms with Gasteiger partial charge in [-0.05, 0) is 18.9 Å². The van der Waals surface area contributed by atoms with Crippen LogP contribution in [0.4, 0.5) is 13.2 Å². The molecule has 18 heavy (non-hydrogen) atoms. The van der Waals surface area contributed by atoms with E-state index in [4.69, 9.17) is 0 Å². The molecule has 0 radical (unpaired) electrons. The SMILES string of the molecule is CC1CCNC1CN1CCN(CC(F)(F)F)CC1. The molecule has 2 aliphatic heterocycles. The fourth-order valence-electron chi connectivity index (χ4n) is 2.80. The van der Waals surface area contributed by atoms with Gasteiger partial charge in [-0.2, -0.15) is 13.2 Å². The molecule has 2 fully saturated rings. The Kier molecular flexibility index (Phi) is 4.50. The molecule has 0 spiro atoms. The minimum absolute atomic E-state index is 0.513. The number of nitrogens with one attached hydrogen (secondary N) is 1. The molecule has 2 aliphatic rings. The lowest BCUT2D eigenvalue weighted by atomic mass is 10.0. The second-order valence-corrected chi connectivity index (χ2v) is 5.52. The van der Waals surface area contributed by atoms with Crippen LogP contribution in [0.5, 0.6) is 0 Å². The van der Waals surface area contributed by atoms with Crippen LogP contribution in [-0.4, -0.2) is 67.8 Å². The highest BCUT2D eigenvalue weighted by Crippen LogP contribution is 2.19. The Morgan fingerprint density at radius 3 is 2.22 bits per heavy atom. The van der Waals surface area contributed by atoms with Gasteiger partial charge in [0.2, 0.25) is 0 Å². The lowest BCUT2D eigenvalue weighted by molar-refractivity contribution is -0.149. The van der Waals surface area contributed by atoms with Gasteiger partial charge in [-0.25, -0.2) is 0 Å². The molecule has 2 unspecified atom stereocenters. The van der Waals surface area contributed by atoms with E-state index in [1.54, 1.807) is 0 Å². The summed E-state index contributed by atoms with van der Waals surface area (Å²) in [6, 6.07) is 0.513. The highest BCUT2D eigenvalue weighted by molar-refractivity contribution is 4.85. The van der Waals surface area contributed by atoms with Crippen LogP contribution < -0.4 is 5.32 Å². The van der Waals surface area contributed by atoms with Crippen molar-refractivity contribution in [2.75, 3.05) is 45.8 Å². The minimum Gasteiger partial charge on any atom is -0.312 e. The van der Waals surface area contributed by atoms with Crippen LogP contribution in [-0.2, 0) is 0 Å². The standard InChI is InChI=1S/C12H22F3N3/c1-10-2-3-16-11(10)8-17-4-6-18(7-5-17)9-12(13,14)15/h10-11,16H,2-9H2,1H3. The van der Waals surface area contributed by atoms with E-state index in [9.17, 15) is 13.2 Å². The van der Waals surface area contributed by atoms with Crippen molar-refractivity contribution in [1.82, 2.24) is 15.1 Å². The lowest BCUT2D eigenvalue weighted by Gasteiger charge is -2.36. The molecule has 2 heterocycles. The third-order valence-corrected chi connectivity index (χ3v) is 4.02. The van der Waals surface area contributed by atoms with Crippen LogP contribution in [0.2, 0.25) is 0 Å². The van der Waals surface area contributed by atoms with Crippen LogP contribution in [0.1, 0.15) is 13.3 Å². The number of piperazine rings is 1. The Morgan fingerprint density at radius 2 is 1.72 bits per heavy atom. The highest BCUT2D eigenvalue weighted by atomic mass is 19.4. The molecule has 0 aliphatic carbocycles. The summed E-state index contributed by atoms with van der Waals surface area (Å²) in [7, 11) is 0. The van der Waals surface area contributed by atoms with Crippen molar-refractivity contribution in [3.63, 3.8) is 0 Å². The van der Waals surface area contributed by atoms with Gasteiger partial charge < -0.3 is 5.32 Å². The van der Waals surface area contributed by atoms with Gasteiger partial charge in [-0.1, -0.05) is 6.92 Å². The van der Waals surface area contributed by atoms with Gasteiger partial charge >= 0.3 is 6.18 Å². The monoisotopic (exact) mass is 265 g/mol.